The maximum atomic E-state index is 13.0. The van der Waals surface area contributed by atoms with Crippen molar-refractivity contribution < 1.29 is 19.0 Å². The lowest BCUT2D eigenvalue weighted by Crippen LogP contribution is -2.16. The molecule has 0 aliphatic heterocycles. The molecule has 14 heavy (non-hydrogen) atoms. The van der Waals surface area contributed by atoms with Gasteiger partial charge in [0.25, 0.3) is 0 Å². The van der Waals surface area contributed by atoms with Gasteiger partial charge in [-0.3, -0.25) is 0 Å². The molecule has 1 aromatic carbocycles. The Labute approximate surface area is 85.6 Å². The molecule has 0 fully saturated rings. The summed E-state index contributed by atoms with van der Waals surface area (Å²) in [5.41, 5.74) is 5.00. The van der Waals surface area contributed by atoms with Crippen LogP contribution in [0.5, 0.6) is 5.75 Å². The van der Waals surface area contributed by atoms with Crippen LogP contribution in [0.15, 0.2) is 12.1 Å². The molecular formula is C8H10ClF2NO2. The number of benzene rings is 1. The van der Waals surface area contributed by atoms with Crippen LogP contribution >= 0.6 is 12.4 Å². The molecule has 6 heteroatoms. The minimum Gasteiger partial charge on any atom is -0.507 e. The fraction of sp³-hybridized carbons (Fsp3) is 0.250. The van der Waals surface area contributed by atoms with Crippen molar-refractivity contribution in [2.24, 2.45) is 5.73 Å². The third-order valence-electron chi connectivity index (χ3n) is 1.64. The highest BCUT2D eigenvalue weighted by Gasteiger charge is 2.16. The number of phenols is 1. The van der Waals surface area contributed by atoms with Gasteiger partial charge < -0.3 is 15.9 Å². The molecule has 0 aliphatic carbocycles. The molecule has 0 saturated carbocycles. The van der Waals surface area contributed by atoms with Gasteiger partial charge in [-0.05, 0) is 0 Å². The van der Waals surface area contributed by atoms with Crippen molar-refractivity contribution in [2.75, 3.05) is 6.61 Å². The first kappa shape index (κ1) is 13.1. The van der Waals surface area contributed by atoms with Gasteiger partial charge in [0.05, 0.1) is 12.6 Å². The zero-order valence-corrected chi connectivity index (χ0v) is 7.89. The van der Waals surface area contributed by atoms with Crippen LogP contribution in [0.4, 0.5) is 8.78 Å². The van der Waals surface area contributed by atoms with E-state index in [4.69, 9.17) is 15.9 Å². The van der Waals surface area contributed by atoms with Gasteiger partial charge in [0.1, 0.15) is 17.4 Å². The quantitative estimate of drug-likeness (QED) is 0.706. The summed E-state index contributed by atoms with van der Waals surface area (Å²) in [4.78, 5) is 0. The van der Waals surface area contributed by atoms with Crippen LogP contribution in [0, 0.1) is 11.6 Å². The summed E-state index contributed by atoms with van der Waals surface area (Å²) in [6.07, 6.45) is 0. The Morgan fingerprint density at radius 3 is 2.36 bits per heavy atom. The topological polar surface area (TPSA) is 66.5 Å². The number of phenolic OH excluding ortho intramolecular Hbond substituents is 1. The predicted octanol–water partition coefficient (Wildman–Crippen LogP) is 1.08. The number of aliphatic hydroxyl groups excluding tert-OH is 1. The average Bonchev–Trinajstić information content (AvgIpc) is 2.02. The van der Waals surface area contributed by atoms with Gasteiger partial charge in [-0.15, -0.1) is 12.4 Å². The molecule has 0 aromatic heterocycles. The normalized spacial score (nSPS) is 12.0. The van der Waals surface area contributed by atoms with Crippen molar-refractivity contribution >= 4 is 12.4 Å². The Bertz CT molecular complexity index is 299. The summed E-state index contributed by atoms with van der Waals surface area (Å²) in [6.45, 7) is -0.518. The van der Waals surface area contributed by atoms with Crippen LogP contribution in [0.1, 0.15) is 11.6 Å². The van der Waals surface area contributed by atoms with Crippen molar-refractivity contribution in [3.63, 3.8) is 0 Å². The van der Waals surface area contributed by atoms with E-state index in [2.05, 4.69) is 0 Å². The van der Waals surface area contributed by atoms with Crippen LogP contribution in [0.25, 0.3) is 0 Å². The fourth-order valence-corrected chi connectivity index (χ4v) is 1.03. The number of rotatable bonds is 2. The van der Waals surface area contributed by atoms with Gasteiger partial charge in [0.2, 0.25) is 0 Å². The van der Waals surface area contributed by atoms with Crippen molar-refractivity contribution in [1.82, 2.24) is 0 Å². The number of hydrogen-bond donors (Lipinski definition) is 3. The van der Waals surface area contributed by atoms with E-state index in [1.807, 2.05) is 0 Å². The molecule has 3 nitrogen and oxygen atoms in total. The van der Waals surface area contributed by atoms with Crippen LogP contribution in [-0.2, 0) is 0 Å². The van der Waals surface area contributed by atoms with E-state index in [0.717, 1.165) is 6.07 Å². The number of halogens is 3. The van der Waals surface area contributed by atoms with E-state index in [-0.39, 0.29) is 18.0 Å². The molecular weight excluding hydrogens is 216 g/mol. The molecule has 0 bridgehead atoms. The molecule has 0 saturated heterocycles. The molecule has 1 atom stereocenters. The third-order valence-corrected chi connectivity index (χ3v) is 1.64. The van der Waals surface area contributed by atoms with Gasteiger partial charge in [0, 0.05) is 17.7 Å². The first-order valence-corrected chi connectivity index (χ1v) is 3.60. The van der Waals surface area contributed by atoms with E-state index in [1.54, 1.807) is 0 Å². The second kappa shape index (κ2) is 5.09. The summed E-state index contributed by atoms with van der Waals surface area (Å²) < 4.78 is 25.4. The Morgan fingerprint density at radius 1 is 1.36 bits per heavy atom. The summed E-state index contributed by atoms with van der Waals surface area (Å²) in [6, 6.07) is 0.305. The minimum atomic E-state index is -1.04. The first-order chi connectivity index (χ1) is 6.06. The lowest BCUT2D eigenvalue weighted by atomic mass is 10.1. The zero-order chi connectivity index (χ0) is 10.0. The molecule has 1 aromatic rings. The molecule has 1 rings (SSSR count). The van der Waals surface area contributed by atoms with Crippen molar-refractivity contribution in [1.29, 1.82) is 0 Å². The zero-order valence-electron chi connectivity index (χ0n) is 7.08. The third kappa shape index (κ3) is 2.54. The Balaban J connectivity index is 0.00000169. The molecule has 0 heterocycles. The maximum Gasteiger partial charge on any atom is 0.134 e. The molecule has 0 aliphatic rings. The molecule has 0 unspecified atom stereocenters. The lowest BCUT2D eigenvalue weighted by Gasteiger charge is -2.11. The van der Waals surface area contributed by atoms with Crippen LogP contribution in [0.2, 0.25) is 0 Å². The number of aromatic hydroxyl groups is 1. The van der Waals surface area contributed by atoms with Crippen LogP contribution < -0.4 is 5.73 Å². The highest BCUT2D eigenvalue weighted by molar-refractivity contribution is 5.85. The largest absolute Gasteiger partial charge is 0.507 e. The summed E-state index contributed by atoms with van der Waals surface area (Å²) in [5, 5.41) is 17.7. The first-order valence-electron chi connectivity index (χ1n) is 3.60. The highest BCUT2D eigenvalue weighted by Crippen LogP contribution is 2.26. The van der Waals surface area contributed by atoms with Gasteiger partial charge in [0.15, 0.2) is 0 Å². The smallest absolute Gasteiger partial charge is 0.134 e. The monoisotopic (exact) mass is 225 g/mol. The van der Waals surface area contributed by atoms with Crippen molar-refractivity contribution in [3.05, 3.63) is 29.3 Å². The molecule has 0 spiro atoms. The van der Waals surface area contributed by atoms with Gasteiger partial charge in [-0.25, -0.2) is 8.78 Å². The van der Waals surface area contributed by atoms with Crippen LogP contribution in [-0.4, -0.2) is 16.8 Å². The maximum absolute atomic E-state index is 13.0. The summed E-state index contributed by atoms with van der Waals surface area (Å²) in [5.74, 6) is -2.43. The number of hydrogen-bond acceptors (Lipinski definition) is 3. The van der Waals surface area contributed by atoms with E-state index in [9.17, 15) is 8.78 Å². The summed E-state index contributed by atoms with van der Waals surface area (Å²) >= 11 is 0. The van der Waals surface area contributed by atoms with E-state index < -0.39 is 30.0 Å². The van der Waals surface area contributed by atoms with Crippen LogP contribution in [0.3, 0.4) is 0 Å². The Morgan fingerprint density at radius 2 is 1.93 bits per heavy atom. The molecule has 80 valence electrons. The molecule has 0 radical (unpaired) electrons. The molecule has 0 amide bonds. The highest BCUT2D eigenvalue weighted by atomic mass is 35.5. The summed E-state index contributed by atoms with van der Waals surface area (Å²) in [7, 11) is 0. The van der Waals surface area contributed by atoms with Crippen molar-refractivity contribution in [2.45, 2.75) is 6.04 Å². The number of aliphatic hydroxyl groups is 1. The second-order valence-corrected chi connectivity index (χ2v) is 2.61. The standard InChI is InChI=1S/C8H9F2NO2.ClH/c9-4-1-5(10)8(6(11)3-12)7(13)2-4;/h1-2,6,12-13H,3,11H2;1H/t6-;/m0./s1. The Kier molecular flexibility index (Phi) is 4.76. The molecule has 4 N–H and O–H groups in total. The van der Waals surface area contributed by atoms with E-state index in [0.29, 0.717) is 6.07 Å². The van der Waals surface area contributed by atoms with Crippen molar-refractivity contribution in [3.8, 4) is 5.75 Å². The van der Waals surface area contributed by atoms with E-state index in [1.165, 1.54) is 0 Å². The van der Waals surface area contributed by atoms with E-state index >= 15 is 0 Å². The van der Waals surface area contributed by atoms with Gasteiger partial charge in [-0.1, -0.05) is 0 Å². The number of nitrogens with two attached hydrogens (primary N) is 1. The SMILES string of the molecule is Cl.N[C@@H](CO)c1c(O)cc(F)cc1F. The average molecular weight is 226 g/mol. The lowest BCUT2D eigenvalue weighted by molar-refractivity contribution is 0.262. The predicted molar refractivity (Wildman–Crippen MR) is 49.3 cm³/mol. The Hall–Kier alpha value is -0.910. The fourth-order valence-electron chi connectivity index (χ4n) is 1.03. The van der Waals surface area contributed by atoms with Gasteiger partial charge in [-0.2, -0.15) is 0 Å². The second-order valence-electron chi connectivity index (χ2n) is 2.61. The minimum absolute atomic E-state index is 0. The van der Waals surface area contributed by atoms with Gasteiger partial charge >= 0.3 is 0 Å².